The van der Waals surface area contributed by atoms with Gasteiger partial charge in [0.25, 0.3) is 5.91 Å². The fourth-order valence-electron chi connectivity index (χ4n) is 2.03. The summed E-state index contributed by atoms with van der Waals surface area (Å²) in [4.78, 5) is 13.8. The summed E-state index contributed by atoms with van der Waals surface area (Å²) in [5, 5.41) is 3.85. The van der Waals surface area contributed by atoms with Crippen molar-refractivity contribution in [3.05, 3.63) is 36.0 Å². The van der Waals surface area contributed by atoms with Crippen LogP contribution in [0.3, 0.4) is 0 Å². The number of benzene rings is 1. The molecule has 0 spiro atoms. The molecular formula is C14H14N2O3. The van der Waals surface area contributed by atoms with Crippen molar-refractivity contribution in [2.45, 2.75) is 6.42 Å². The van der Waals surface area contributed by atoms with E-state index < -0.39 is 0 Å². The highest BCUT2D eigenvalue weighted by Crippen LogP contribution is 2.30. The molecule has 0 aliphatic carbocycles. The Morgan fingerprint density at radius 2 is 2.16 bits per heavy atom. The van der Waals surface area contributed by atoms with Crippen LogP contribution in [0.1, 0.15) is 16.9 Å². The summed E-state index contributed by atoms with van der Waals surface area (Å²) in [7, 11) is 1.60. The number of likely N-dealkylation sites (tertiary alicyclic amines) is 1. The molecule has 5 nitrogen and oxygen atoms in total. The van der Waals surface area contributed by atoms with Crippen LogP contribution in [-0.2, 0) is 0 Å². The third-order valence-electron chi connectivity index (χ3n) is 3.24. The Morgan fingerprint density at radius 3 is 2.84 bits per heavy atom. The minimum Gasteiger partial charge on any atom is -0.496 e. The molecule has 0 radical (unpaired) electrons. The van der Waals surface area contributed by atoms with Gasteiger partial charge in [-0.3, -0.25) is 4.79 Å². The number of para-hydroxylation sites is 1. The molecule has 1 aromatic carbocycles. The molecule has 98 valence electrons. The molecule has 19 heavy (non-hydrogen) atoms. The largest absolute Gasteiger partial charge is 0.496 e. The highest BCUT2D eigenvalue weighted by atomic mass is 16.5. The predicted octanol–water partition coefficient (Wildman–Crippen LogP) is 2.20. The number of amides is 1. The van der Waals surface area contributed by atoms with Crippen molar-refractivity contribution in [1.82, 2.24) is 10.1 Å². The van der Waals surface area contributed by atoms with Gasteiger partial charge >= 0.3 is 0 Å². The van der Waals surface area contributed by atoms with E-state index >= 15 is 0 Å². The van der Waals surface area contributed by atoms with Crippen LogP contribution in [0.4, 0.5) is 0 Å². The number of methoxy groups -OCH3 is 1. The first-order chi connectivity index (χ1) is 9.29. The molecule has 1 saturated heterocycles. The Balaban J connectivity index is 1.90. The molecule has 0 atom stereocenters. The van der Waals surface area contributed by atoms with Crippen LogP contribution in [0.5, 0.6) is 5.75 Å². The van der Waals surface area contributed by atoms with Crippen molar-refractivity contribution < 1.29 is 14.1 Å². The molecular weight excluding hydrogens is 244 g/mol. The summed E-state index contributed by atoms with van der Waals surface area (Å²) in [6.07, 6.45) is 1.06. The SMILES string of the molecule is COc1ccccc1-c1cc(C(=O)N2CCC2)no1. The predicted molar refractivity (Wildman–Crippen MR) is 69.0 cm³/mol. The van der Waals surface area contributed by atoms with Crippen LogP contribution in [0, 0.1) is 0 Å². The number of carbonyl (C=O) groups excluding carboxylic acids is 1. The van der Waals surface area contributed by atoms with Gasteiger partial charge in [-0.1, -0.05) is 17.3 Å². The van der Waals surface area contributed by atoms with E-state index in [2.05, 4.69) is 5.16 Å². The van der Waals surface area contributed by atoms with Gasteiger partial charge in [0.05, 0.1) is 12.7 Å². The molecule has 0 bridgehead atoms. The van der Waals surface area contributed by atoms with Gasteiger partial charge in [-0.15, -0.1) is 0 Å². The Hall–Kier alpha value is -2.30. The van der Waals surface area contributed by atoms with Gasteiger partial charge < -0.3 is 14.2 Å². The van der Waals surface area contributed by atoms with Crippen LogP contribution < -0.4 is 4.74 Å². The molecule has 0 saturated carbocycles. The highest BCUT2D eigenvalue weighted by Gasteiger charge is 2.25. The standard InChI is InChI=1S/C14H14N2O3/c1-18-12-6-3-2-5-10(12)13-9-11(15-19-13)14(17)16-7-4-8-16/h2-3,5-6,9H,4,7-8H2,1H3. The maximum absolute atomic E-state index is 12.0. The molecule has 0 N–H and O–H groups in total. The van der Waals surface area contributed by atoms with Gasteiger partial charge in [0.2, 0.25) is 0 Å². The Labute approximate surface area is 110 Å². The smallest absolute Gasteiger partial charge is 0.276 e. The lowest BCUT2D eigenvalue weighted by Crippen LogP contribution is -2.42. The fourth-order valence-corrected chi connectivity index (χ4v) is 2.03. The number of ether oxygens (including phenoxy) is 1. The molecule has 2 heterocycles. The number of nitrogens with zero attached hydrogens (tertiary/aromatic N) is 2. The Morgan fingerprint density at radius 1 is 1.37 bits per heavy atom. The first-order valence-corrected chi connectivity index (χ1v) is 6.19. The lowest BCUT2D eigenvalue weighted by atomic mass is 10.1. The summed E-state index contributed by atoms with van der Waals surface area (Å²) in [6, 6.07) is 9.15. The molecule has 3 rings (SSSR count). The summed E-state index contributed by atoms with van der Waals surface area (Å²) < 4.78 is 10.5. The van der Waals surface area contributed by atoms with Gasteiger partial charge in [-0.25, -0.2) is 0 Å². The van der Waals surface area contributed by atoms with Crippen LogP contribution in [0.15, 0.2) is 34.9 Å². The topological polar surface area (TPSA) is 55.6 Å². The Kier molecular flexibility index (Phi) is 2.95. The molecule has 1 aromatic heterocycles. The highest BCUT2D eigenvalue weighted by molar-refractivity contribution is 5.93. The summed E-state index contributed by atoms with van der Waals surface area (Å²) >= 11 is 0. The van der Waals surface area contributed by atoms with Gasteiger partial charge in [-0.05, 0) is 18.6 Å². The van der Waals surface area contributed by atoms with E-state index in [1.165, 1.54) is 0 Å². The zero-order valence-corrected chi connectivity index (χ0v) is 10.6. The van der Waals surface area contributed by atoms with Crippen LogP contribution >= 0.6 is 0 Å². The summed E-state index contributed by atoms with van der Waals surface area (Å²) in [5.74, 6) is 1.17. The number of aromatic nitrogens is 1. The second-order valence-electron chi connectivity index (χ2n) is 4.42. The fraction of sp³-hybridized carbons (Fsp3) is 0.286. The third-order valence-corrected chi connectivity index (χ3v) is 3.24. The second kappa shape index (κ2) is 4.76. The van der Waals surface area contributed by atoms with Crippen molar-refractivity contribution >= 4 is 5.91 Å². The monoisotopic (exact) mass is 258 g/mol. The van der Waals surface area contributed by atoms with Gasteiger partial charge in [0.15, 0.2) is 11.5 Å². The summed E-state index contributed by atoms with van der Waals surface area (Å²) in [6.45, 7) is 1.60. The van der Waals surface area contributed by atoms with Crippen LogP contribution in [0.25, 0.3) is 11.3 Å². The van der Waals surface area contributed by atoms with E-state index in [1.54, 1.807) is 18.1 Å². The summed E-state index contributed by atoms with van der Waals surface area (Å²) in [5.41, 5.74) is 1.14. The van der Waals surface area contributed by atoms with Crippen LogP contribution in [0.2, 0.25) is 0 Å². The molecule has 5 heteroatoms. The van der Waals surface area contributed by atoms with E-state index in [0.717, 1.165) is 25.1 Å². The first-order valence-electron chi connectivity index (χ1n) is 6.19. The number of rotatable bonds is 3. The van der Waals surface area contributed by atoms with Crippen molar-refractivity contribution in [3.63, 3.8) is 0 Å². The number of hydrogen-bond acceptors (Lipinski definition) is 4. The normalized spacial score (nSPS) is 14.1. The lowest BCUT2D eigenvalue weighted by molar-refractivity contribution is 0.0641. The zero-order valence-electron chi connectivity index (χ0n) is 10.6. The molecule has 1 aliphatic rings. The molecule has 1 fully saturated rings. The maximum atomic E-state index is 12.0. The average Bonchev–Trinajstić information content (AvgIpc) is 2.86. The van der Waals surface area contributed by atoms with E-state index in [9.17, 15) is 4.79 Å². The van der Waals surface area contributed by atoms with Crippen molar-refractivity contribution in [2.75, 3.05) is 20.2 Å². The molecule has 1 aliphatic heterocycles. The first kappa shape index (κ1) is 11.8. The van der Waals surface area contributed by atoms with E-state index in [4.69, 9.17) is 9.26 Å². The third kappa shape index (κ3) is 2.07. The average molecular weight is 258 g/mol. The van der Waals surface area contributed by atoms with E-state index in [0.29, 0.717) is 17.2 Å². The number of carbonyl (C=O) groups is 1. The van der Waals surface area contributed by atoms with Crippen LogP contribution in [-0.4, -0.2) is 36.2 Å². The molecule has 0 unspecified atom stereocenters. The molecule has 2 aromatic rings. The Bertz CT molecular complexity index is 602. The van der Waals surface area contributed by atoms with Crippen molar-refractivity contribution in [3.8, 4) is 17.1 Å². The van der Waals surface area contributed by atoms with Crippen molar-refractivity contribution in [2.24, 2.45) is 0 Å². The number of hydrogen-bond donors (Lipinski definition) is 0. The second-order valence-corrected chi connectivity index (χ2v) is 4.42. The zero-order chi connectivity index (χ0) is 13.2. The van der Waals surface area contributed by atoms with Gasteiger partial charge in [0.1, 0.15) is 5.75 Å². The molecule has 1 amide bonds. The maximum Gasteiger partial charge on any atom is 0.276 e. The quantitative estimate of drug-likeness (QED) is 0.846. The lowest BCUT2D eigenvalue weighted by Gasteiger charge is -2.29. The minimum absolute atomic E-state index is 0.0730. The minimum atomic E-state index is -0.0730. The van der Waals surface area contributed by atoms with Gasteiger partial charge in [-0.2, -0.15) is 0 Å². The van der Waals surface area contributed by atoms with E-state index in [1.807, 2.05) is 24.3 Å². The van der Waals surface area contributed by atoms with E-state index in [-0.39, 0.29) is 5.91 Å². The van der Waals surface area contributed by atoms with Crippen molar-refractivity contribution in [1.29, 1.82) is 0 Å². The van der Waals surface area contributed by atoms with Gasteiger partial charge in [0, 0.05) is 19.2 Å².